The fourth-order valence-corrected chi connectivity index (χ4v) is 9.47. The van der Waals surface area contributed by atoms with Crippen molar-refractivity contribution in [2.75, 3.05) is 34.3 Å². The standard InChI is InChI=1S/C54H87N7O12S/c1-15-17-24-55-54(74)60(13)40(27-31(5)6)49(66)58-45-35(11)72-53(70)41(28-36-20-22-37(71-14)23-21-36)59(12)52(69)39-19-18-25-61(39)51(68)38(26-30(3)4)56-48(65)34(10)46(64)47(32(7)8)73-43(63)29-42(62)44(33(9)16-2)57-50(45)67/h20-23,30-35,38-42,44-45,47,62H,15-19,24-29H2,1-14H3,(H,55,74)(H,56,65)(H,57,67)(H,58,66)/t33-,34-,35+,38-,39-,40+,41-,42-,44+,45+,47-/m0/s1. The van der Waals surface area contributed by atoms with E-state index in [2.05, 4.69) is 21.3 Å². The van der Waals surface area contributed by atoms with E-state index in [0.717, 1.165) is 12.8 Å². The van der Waals surface area contributed by atoms with Gasteiger partial charge in [0.05, 0.1) is 31.6 Å². The number of hydrogen-bond acceptors (Lipinski definition) is 13. The van der Waals surface area contributed by atoms with Crippen molar-refractivity contribution in [3.63, 3.8) is 0 Å². The number of rotatable bonds is 16. The van der Waals surface area contributed by atoms with Crippen molar-refractivity contribution >= 4 is 64.6 Å². The molecule has 416 valence electrons. The van der Waals surface area contributed by atoms with E-state index in [1.165, 1.54) is 37.8 Å². The van der Waals surface area contributed by atoms with E-state index in [-0.39, 0.29) is 37.6 Å². The molecule has 1 aromatic rings. The van der Waals surface area contributed by atoms with E-state index in [9.17, 15) is 43.5 Å². The monoisotopic (exact) mass is 1060 g/mol. The minimum Gasteiger partial charge on any atom is -0.497 e. The zero-order valence-electron chi connectivity index (χ0n) is 46.4. The molecule has 1 aromatic carbocycles. The van der Waals surface area contributed by atoms with Gasteiger partial charge in [-0.15, -0.1) is 0 Å². The summed E-state index contributed by atoms with van der Waals surface area (Å²) in [5, 5.41) is 23.7. The maximum atomic E-state index is 14.9. The minimum absolute atomic E-state index is 0.0123. The Balaban J connectivity index is 2.27. The van der Waals surface area contributed by atoms with E-state index < -0.39 is 126 Å². The van der Waals surface area contributed by atoms with Gasteiger partial charge in [0, 0.05) is 33.6 Å². The van der Waals surface area contributed by atoms with Gasteiger partial charge in [-0.2, -0.15) is 0 Å². The van der Waals surface area contributed by atoms with Gasteiger partial charge >= 0.3 is 11.9 Å². The third-order valence-corrected chi connectivity index (χ3v) is 14.5. The lowest BCUT2D eigenvalue weighted by molar-refractivity contribution is -0.163. The number of carbonyl (C=O) groups excluding carboxylic acids is 8. The van der Waals surface area contributed by atoms with E-state index in [1.54, 1.807) is 57.0 Å². The quantitative estimate of drug-likeness (QED) is 0.0678. The van der Waals surface area contributed by atoms with Gasteiger partial charge in [-0.1, -0.05) is 87.3 Å². The van der Waals surface area contributed by atoms with Gasteiger partial charge in [0.1, 0.15) is 42.1 Å². The third-order valence-electron chi connectivity index (χ3n) is 14.1. The number of unbranched alkanes of at least 4 members (excludes halogenated alkanes) is 1. The maximum Gasteiger partial charge on any atom is 0.329 e. The lowest BCUT2D eigenvalue weighted by atomic mass is 9.91. The van der Waals surface area contributed by atoms with Gasteiger partial charge in [-0.25, -0.2) is 4.79 Å². The lowest BCUT2D eigenvalue weighted by Gasteiger charge is -2.36. The second kappa shape index (κ2) is 29.6. The van der Waals surface area contributed by atoms with Crippen molar-refractivity contribution in [3.8, 4) is 5.75 Å². The molecule has 0 radical (unpaired) electrons. The number of benzene rings is 1. The first-order valence-corrected chi connectivity index (χ1v) is 26.9. The third kappa shape index (κ3) is 17.6. The maximum absolute atomic E-state index is 14.9. The van der Waals surface area contributed by atoms with Crippen LogP contribution in [0.5, 0.6) is 5.75 Å². The average Bonchev–Trinajstić information content (AvgIpc) is 3.85. The van der Waals surface area contributed by atoms with Crippen LogP contribution in [0.4, 0.5) is 0 Å². The molecule has 0 saturated carbocycles. The fraction of sp³-hybridized carbons (Fsp3) is 0.722. The molecule has 11 atom stereocenters. The molecule has 5 amide bonds. The number of ether oxygens (including phenoxy) is 3. The Morgan fingerprint density at radius 2 is 1.58 bits per heavy atom. The summed E-state index contributed by atoms with van der Waals surface area (Å²) in [7, 11) is 4.63. The number of hydrogen-bond donors (Lipinski definition) is 5. The topological polar surface area (TPSA) is 242 Å². The molecular formula is C54H87N7O12S. The largest absolute Gasteiger partial charge is 0.497 e. The molecule has 5 N–H and O–H groups in total. The molecule has 0 aliphatic carbocycles. The van der Waals surface area contributed by atoms with Crippen LogP contribution in [0.1, 0.15) is 133 Å². The number of aliphatic hydroxyl groups excluding tert-OH is 1. The summed E-state index contributed by atoms with van der Waals surface area (Å²) >= 11 is 5.70. The van der Waals surface area contributed by atoms with Gasteiger partial charge < -0.3 is 55.3 Å². The number of nitrogens with zero attached hydrogens (tertiary/aromatic N) is 3. The number of ketones is 1. The van der Waals surface area contributed by atoms with Crippen LogP contribution in [0.3, 0.4) is 0 Å². The van der Waals surface area contributed by atoms with Gasteiger partial charge in [0.2, 0.25) is 29.5 Å². The number of fused-ring (bicyclic) bond motifs is 1. The first kappa shape index (κ1) is 62.9. The SMILES string of the molecule is CCCCNC(=S)N(C)[C@H](CC(C)C)C(=O)N[C@H]1C(=O)N[C@H]([C@@H](C)CC)[C@@H](O)CC(=O)O[C@@H](C(C)C)C(=O)[C@H](C)C(=O)N[C@@H](CC(C)C)C(=O)N2CCC[C@H]2C(=O)N(C)[C@@H](Cc2ccc(OC)cc2)C(=O)O[C@@H]1C. The fourth-order valence-electron chi connectivity index (χ4n) is 9.24. The predicted molar refractivity (Wildman–Crippen MR) is 284 cm³/mol. The Morgan fingerprint density at radius 1 is 0.932 bits per heavy atom. The summed E-state index contributed by atoms with van der Waals surface area (Å²) in [6.07, 6.45) is -1.84. The molecule has 3 rings (SSSR count). The molecule has 0 unspecified atom stereocenters. The van der Waals surface area contributed by atoms with E-state index in [0.29, 0.717) is 42.2 Å². The highest BCUT2D eigenvalue weighted by atomic mass is 32.1. The molecule has 2 aliphatic rings. The van der Waals surface area contributed by atoms with Crippen molar-refractivity contribution in [1.29, 1.82) is 0 Å². The van der Waals surface area contributed by atoms with Gasteiger partial charge in [-0.3, -0.25) is 33.6 Å². The highest BCUT2D eigenvalue weighted by Crippen LogP contribution is 2.26. The highest BCUT2D eigenvalue weighted by molar-refractivity contribution is 7.80. The van der Waals surface area contributed by atoms with Crippen LogP contribution >= 0.6 is 12.2 Å². The second-order valence-electron chi connectivity index (χ2n) is 21.3. The van der Waals surface area contributed by atoms with Gasteiger partial charge in [0.15, 0.2) is 17.0 Å². The smallest absolute Gasteiger partial charge is 0.329 e. The Morgan fingerprint density at radius 3 is 2.15 bits per heavy atom. The first-order valence-electron chi connectivity index (χ1n) is 26.5. The number of carbonyl (C=O) groups is 8. The lowest BCUT2D eigenvalue weighted by Crippen LogP contribution is -2.62. The number of nitrogens with one attached hydrogen (secondary N) is 4. The summed E-state index contributed by atoms with van der Waals surface area (Å²) in [5.74, 6) is -8.03. The molecule has 2 saturated heterocycles. The van der Waals surface area contributed by atoms with Crippen molar-refractivity contribution in [2.45, 2.75) is 189 Å². The van der Waals surface area contributed by atoms with Gasteiger partial charge in [0.25, 0.3) is 0 Å². The van der Waals surface area contributed by atoms with Crippen molar-refractivity contribution in [2.24, 2.45) is 29.6 Å². The summed E-state index contributed by atoms with van der Waals surface area (Å²) in [6, 6.07) is -0.300. The normalized spacial score (nSPS) is 26.2. The van der Waals surface area contributed by atoms with E-state index in [4.69, 9.17) is 26.4 Å². The molecule has 74 heavy (non-hydrogen) atoms. The molecular weight excluding hydrogens is 971 g/mol. The molecule has 0 bridgehead atoms. The number of likely N-dealkylation sites (N-methyl/N-ethyl adjacent to an activating group) is 2. The number of esters is 2. The number of methoxy groups -OCH3 is 1. The van der Waals surface area contributed by atoms with Crippen molar-refractivity contribution in [3.05, 3.63) is 29.8 Å². The number of Topliss-reactive ketones (excluding diaryl/α,β-unsaturated/α-hetero) is 1. The van der Waals surface area contributed by atoms with E-state index in [1.807, 2.05) is 41.5 Å². The molecule has 0 aromatic heterocycles. The first-order chi connectivity index (χ1) is 34.8. The summed E-state index contributed by atoms with van der Waals surface area (Å²) in [6.45, 7) is 20.1. The molecule has 0 spiro atoms. The molecule has 20 heteroatoms. The molecule has 2 aliphatic heterocycles. The van der Waals surface area contributed by atoms with Crippen LogP contribution in [0, 0.1) is 29.6 Å². The van der Waals surface area contributed by atoms with Crippen LogP contribution in [-0.4, -0.2) is 161 Å². The summed E-state index contributed by atoms with van der Waals surface area (Å²) in [5.41, 5.74) is 0.620. The van der Waals surface area contributed by atoms with Crippen LogP contribution in [0.25, 0.3) is 0 Å². The Kier molecular flexibility index (Phi) is 25.2. The Labute approximate surface area is 444 Å². The van der Waals surface area contributed by atoms with Crippen molar-refractivity contribution < 1.29 is 57.7 Å². The molecule has 2 fully saturated rings. The molecule has 19 nitrogen and oxygen atoms in total. The average molecular weight is 1060 g/mol. The van der Waals surface area contributed by atoms with Crippen molar-refractivity contribution in [1.82, 2.24) is 36.0 Å². The predicted octanol–water partition coefficient (Wildman–Crippen LogP) is 4.09. The van der Waals surface area contributed by atoms with E-state index >= 15 is 0 Å². The van der Waals surface area contributed by atoms with Crippen LogP contribution in [-0.2, 0) is 54.3 Å². The highest BCUT2D eigenvalue weighted by Gasteiger charge is 2.45. The number of amides is 5. The Hall–Kier alpha value is -5.37. The summed E-state index contributed by atoms with van der Waals surface area (Å²) < 4.78 is 17.3. The zero-order valence-corrected chi connectivity index (χ0v) is 47.2. The molecule has 2 heterocycles. The minimum atomic E-state index is -1.61. The summed E-state index contributed by atoms with van der Waals surface area (Å²) in [4.78, 5) is 120. The van der Waals surface area contributed by atoms with Crippen LogP contribution < -0.4 is 26.0 Å². The van der Waals surface area contributed by atoms with Crippen LogP contribution in [0.15, 0.2) is 24.3 Å². The second-order valence-corrected chi connectivity index (χ2v) is 21.7. The van der Waals surface area contributed by atoms with Gasteiger partial charge in [-0.05, 0) is 99.5 Å². The number of aliphatic hydroxyl groups is 1. The number of thiocarbonyl (C=S) groups is 1. The van der Waals surface area contributed by atoms with Crippen LogP contribution in [0.2, 0.25) is 0 Å². The Bertz CT molecular complexity index is 2090. The zero-order chi connectivity index (χ0) is 55.7. The number of cyclic esters (lactones) is 2.